The molecule has 0 aliphatic heterocycles. The molecule has 3 aromatic rings. The van der Waals surface area contributed by atoms with E-state index in [-0.39, 0.29) is 34.5 Å². The van der Waals surface area contributed by atoms with Gasteiger partial charge in [-0.1, -0.05) is 11.8 Å². The van der Waals surface area contributed by atoms with Gasteiger partial charge in [0.15, 0.2) is 4.34 Å². The van der Waals surface area contributed by atoms with Crippen LogP contribution in [-0.4, -0.2) is 44.6 Å². The van der Waals surface area contributed by atoms with Crippen LogP contribution in [-0.2, 0) is 12.3 Å². The zero-order chi connectivity index (χ0) is 28.6. The minimum absolute atomic E-state index is 0.141. The monoisotopic (exact) mass is 588 g/mol. The number of hydrogen-bond donors (Lipinski definition) is 2. The van der Waals surface area contributed by atoms with E-state index in [1.165, 1.54) is 6.20 Å². The van der Waals surface area contributed by atoms with E-state index in [1.54, 1.807) is 0 Å². The summed E-state index contributed by atoms with van der Waals surface area (Å²) in [5.74, 6) is -15.6. The maximum Gasteiger partial charge on any atom is 0.460 e. The van der Waals surface area contributed by atoms with E-state index in [2.05, 4.69) is 9.97 Å². The summed E-state index contributed by atoms with van der Waals surface area (Å²) in [7, 11) is 0. The lowest BCUT2D eigenvalue weighted by atomic mass is 10.0. The number of primary amides is 1. The van der Waals surface area contributed by atoms with Gasteiger partial charge in [-0.2, -0.15) is 30.7 Å². The molecule has 3 N–H and O–H groups in total. The van der Waals surface area contributed by atoms with E-state index in [4.69, 9.17) is 10.8 Å². The average Bonchev–Trinajstić information content (AvgIpc) is 3.25. The molecule has 0 atom stereocenters. The zero-order valence-corrected chi connectivity index (χ0v) is 19.9. The fraction of sp³-hybridized carbons (Fsp3) is 0.250. The first-order valence-electron chi connectivity index (χ1n) is 9.85. The van der Waals surface area contributed by atoms with Crippen molar-refractivity contribution in [3.63, 3.8) is 0 Å². The van der Waals surface area contributed by atoms with Crippen LogP contribution in [0.4, 0.5) is 40.8 Å². The Morgan fingerprint density at radius 2 is 1.76 bits per heavy atom. The Hall–Kier alpha value is -3.38. The van der Waals surface area contributed by atoms with Crippen LogP contribution in [0, 0.1) is 15.9 Å². The molecule has 0 radical (unpaired) electrons. The van der Waals surface area contributed by atoms with Crippen LogP contribution in [0.5, 0.6) is 0 Å². The van der Waals surface area contributed by atoms with E-state index in [1.807, 2.05) is 0 Å². The number of non-ortho nitro benzene ring substituents is 1. The van der Waals surface area contributed by atoms with Gasteiger partial charge in [0, 0.05) is 58.5 Å². The maximum absolute atomic E-state index is 15.0. The van der Waals surface area contributed by atoms with E-state index < -0.39 is 62.7 Å². The molecule has 0 fully saturated rings. The lowest BCUT2D eigenvalue weighted by Crippen LogP contribution is -2.50. The van der Waals surface area contributed by atoms with Gasteiger partial charge in [-0.3, -0.25) is 19.9 Å². The topological polar surface area (TPSA) is 132 Å². The summed E-state index contributed by atoms with van der Waals surface area (Å²) < 4.78 is 108. The number of halogens is 8. The first kappa shape index (κ1) is 29.2. The molecule has 0 saturated carbocycles. The third-order valence-electron chi connectivity index (χ3n) is 4.84. The van der Waals surface area contributed by atoms with Gasteiger partial charge in [0.1, 0.15) is 11.5 Å². The van der Waals surface area contributed by atoms with Crippen molar-refractivity contribution in [3.05, 3.63) is 62.5 Å². The van der Waals surface area contributed by atoms with E-state index in [9.17, 15) is 50.0 Å². The van der Waals surface area contributed by atoms with Crippen LogP contribution < -0.4 is 5.73 Å². The van der Waals surface area contributed by atoms with E-state index in [0.29, 0.717) is 22.7 Å². The molecule has 2 heterocycles. The van der Waals surface area contributed by atoms with Crippen molar-refractivity contribution >= 4 is 34.7 Å². The Labute approximate surface area is 214 Å². The van der Waals surface area contributed by atoms with Gasteiger partial charge in [0.25, 0.3) is 5.69 Å². The minimum Gasteiger partial charge on any atom is -0.396 e. The number of aliphatic hydroxyl groups excluding tert-OH is 1. The highest BCUT2D eigenvalue weighted by atomic mass is 32.2. The SMILES string of the molecule is NC(=O)c1cc([N+](=O)[O-])cc(-c2ncc(C(F)(F)C(F)(F)C(F)(F)F)cc2F)c1Sc1ncc(CCO)s1. The second-order valence-electron chi connectivity index (χ2n) is 7.36. The lowest BCUT2D eigenvalue weighted by Gasteiger charge is -2.28. The van der Waals surface area contributed by atoms with Gasteiger partial charge in [0.05, 0.1) is 10.5 Å². The summed E-state index contributed by atoms with van der Waals surface area (Å²) in [5.41, 5.74) is 0.268. The highest BCUT2D eigenvalue weighted by Crippen LogP contribution is 2.52. The number of nitrogens with two attached hydrogens (primary N) is 1. The van der Waals surface area contributed by atoms with Gasteiger partial charge in [-0.15, -0.1) is 11.3 Å². The molecule has 0 bridgehead atoms. The Kier molecular flexibility index (Phi) is 7.99. The van der Waals surface area contributed by atoms with Crippen LogP contribution in [0.2, 0.25) is 0 Å². The molecule has 1 amide bonds. The predicted molar refractivity (Wildman–Crippen MR) is 117 cm³/mol. The summed E-state index contributed by atoms with van der Waals surface area (Å²) >= 11 is 1.64. The highest BCUT2D eigenvalue weighted by molar-refractivity contribution is 8.01. The van der Waals surface area contributed by atoms with Crippen LogP contribution in [0.1, 0.15) is 20.8 Å². The quantitative estimate of drug-likeness (QED) is 0.196. The number of amides is 1. The Morgan fingerprint density at radius 3 is 2.29 bits per heavy atom. The normalized spacial score (nSPS) is 12.6. The first-order chi connectivity index (χ1) is 17.5. The number of nitro benzene ring substituents is 1. The largest absolute Gasteiger partial charge is 0.460 e. The summed E-state index contributed by atoms with van der Waals surface area (Å²) in [6, 6.07) is 1.10. The molecule has 18 heteroatoms. The fourth-order valence-electron chi connectivity index (χ4n) is 3.00. The van der Waals surface area contributed by atoms with Crippen molar-refractivity contribution in [2.24, 2.45) is 5.73 Å². The lowest BCUT2D eigenvalue weighted by molar-refractivity contribution is -0.384. The molecule has 8 nitrogen and oxygen atoms in total. The molecule has 3 rings (SSSR count). The molecule has 1 aromatic carbocycles. The van der Waals surface area contributed by atoms with Crippen molar-refractivity contribution in [2.45, 2.75) is 33.7 Å². The summed E-state index contributed by atoms with van der Waals surface area (Å²) in [5, 5.41) is 20.4. The number of nitrogens with zero attached hydrogens (tertiary/aromatic N) is 3. The molecule has 0 unspecified atom stereocenters. The predicted octanol–water partition coefficient (Wildman–Crippen LogP) is 5.33. The van der Waals surface area contributed by atoms with Crippen molar-refractivity contribution in [1.29, 1.82) is 0 Å². The second-order valence-corrected chi connectivity index (χ2v) is 9.73. The van der Waals surface area contributed by atoms with Crippen molar-refractivity contribution in [3.8, 4) is 11.3 Å². The molecule has 2 aromatic heterocycles. The maximum atomic E-state index is 15.0. The number of aliphatic hydroxyl groups is 1. The number of thiazole rings is 1. The molecular weight excluding hydrogens is 576 g/mol. The number of carbonyl (C=O) groups is 1. The Bertz CT molecular complexity index is 1400. The van der Waals surface area contributed by atoms with E-state index in [0.717, 1.165) is 17.4 Å². The first-order valence-corrected chi connectivity index (χ1v) is 11.5. The number of carbonyl (C=O) groups excluding carboxylic acids is 1. The Balaban J connectivity index is 2.22. The van der Waals surface area contributed by atoms with E-state index >= 15 is 0 Å². The van der Waals surface area contributed by atoms with Crippen molar-refractivity contribution < 1.29 is 49.9 Å². The van der Waals surface area contributed by atoms with Crippen LogP contribution >= 0.6 is 23.1 Å². The number of alkyl halides is 7. The molecule has 0 aliphatic carbocycles. The van der Waals surface area contributed by atoms with Gasteiger partial charge >= 0.3 is 18.0 Å². The van der Waals surface area contributed by atoms with Crippen LogP contribution in [0.15, 0.2) is 39.8 Å². The molecule has 38 heavy (non-hydrogen) atoms. The third-order valence-corrected chi connectivity index (χ3v) is 7.11. The fourth-order valence-corrected chi connectivity index (χ4v) is 5.19. The highest BCUT2D eigenvalue weighted by Gasteiger charge is 2.73. The van der Waals surface area contributed by atoms with Gasteiger partial charge < -0.3 is 10.8 Å². The number of hydrogen-bond acceptors (Lipinski definition) is 8. The standard InChI is InChI=1S/C20H12F8N4O4S2/c21-13-3-8(18(22,23)19(24,25)20(26,27)28)6-30-14(13)11-4-9(32(35)36)5-12(16(29)34)15(11)38-17-31-7-10(37-17)1-2-33/h3-7,33H,1-2H2,(H2,29,34). The number of nitro groups is 1. The zero-order valence-electron chi connectivity index (χ0n) is 18.2. The Morgan fingerprint density at radius 1 is 1.11 bits per heavy atom. The smallest absolute Gasteiger partial charge is 0.396 e. The number of rotatable bonds is 9. The number of benzene rings is 1. The molecule has 0 aliphatic rings. The third kappa shape index (κ3) is 5.41. The summed E-state index contributed by atoms with van der Waals surface area (Å²) in [6.45, 7) is -0.235. The van der Waals surface area contributed by atoms with Gasteiger partial charge in [-0.25, -0.2) is 9.37 Å². The minimum atomic E-state index is -6.69. The molecule has 0 saturated heterocycles. The number of pyridine rings is 1. The van der Waals surface area contributed by atoms with Gasteiger partial charge in [-0.05, 0) is 6.07 Å². The van der Waals surface area contributed by atoms with Crippen molar-refractivity contribution in [2.75, 3.05) is 6.61 Å². The average molecular weight is 588 g/mol. The van der Waals surface area contributed by atoms with Crippen LogP contribution in [0.3, 0.4) is 0 Å². The second kappa shape index (κ2) is 10.4. The molecule has 0 spiro atoms. The van der Waals surface area contributed by atoms with Crippen LogP contribution in [0.25, 0.3) is 11.3 Å². The summed E-state index contributed by atoms with van der Waals surface area (Å²) in [4.78, 5) is 30.0. The summed E-state index contributed by atoms with van der Waals surface area (Å²) in [6.07, 6.45) is -5.27. The van der Waals surface area contributed by atoms with Crippen molar-refractivity contribution in [1.82, 2.24) is 9.97 Å². The molecular formula is C20H12F8N4O4S2. The van der Waals surface area contributed by atoms with Gasteiger partial charge in [0.2, 0.25) is 5.91 Å². The molecule has 204 valence electrons. The number of aromatic nitrogens is 2.